The Morgan fingerprint density at radius 3 is 2.59 bits per heavy atom. The monoisotopic (exact) mass is 311 g/mol. The third-order valence-corrected chi connectivity index (χ3v) is 2.87. The van der Waals surface area contributed by atoms with Gasteiger partial charge < -0.3 is 9.84 Å². The van der Waals surface area contributed by atoms with Crippen LogP contribution >= 0.6 is 0 Å². The third kappa shape index (κ3) is 4.21. The average Bonchev–Trinajstić information content (AvgIpc) is 2.47. The molecule has 0 spiro atoms. The first kappa shape index (κ1) is 15.8. The highest BCUT2D eigenvalue weighted by Crippen LogP contribution is 2.29. The number of alkyl halides is 3. The molecular formula is C15H12F3NO3. The first-order chi connectivity index (χ1) is 10.4. The molecule has 7 heteroatoms. The van der Waals surface area contributed by atoms with Crippen LogP contribution in [0.4, 0.5) is 13.2 Å². The Bertz CT molecular complexity index is 654. The minimum Gasteiger partial charge on any atom is -0.492 e. The van der Waals surface area contributed by atoms with E-state index in [0.29, 0.717) is 17.7 Å². The van der Waals surface area contributed by atoms with Crippen LogP contribution in [-0.4, -0.2) is 22.7 Å². The molecule has 4 nitrogen and oxygen atoms in total. The molecule has 0 bridgehead atoms. The van der Waals surface area contributed by atoms with Gasteiger partial charge in [0.1, 0.15) is 11.4 Å². The summed E-state index contributed by atoms with van der Waals surface area (Å²) in [6.45, 7) is 0.162. The number of carboxylic acid groups (broad SMARTS) is 1. The number of pyridine rings is 1. The van der Waals surface area contributed by atoms with Crippen LogP contribution in [0.3, 0.4) is 0 Å². The first-order valence-electron chi connectivity index (χ1n) is 6.34. The Hall–Kier alpha value is -2.57. The zero-order chi connectivity index (χ0) is 16.2. The van der Waals surface area contributed by atoms with Crippen molar-refractivity contribution < 1.29 is 27.8 Å². The number of carboxylic acids is 1. The fourth-order valence-electron chi connectivity index (χ4n) is 1.78. The summed E-state index contributed by atoms with van der Waals surface area (Å²) >= 11 is 0. The van der Waals surface area contributed by atoms with Gasteiger partial charge in [-0.1, -0.05) is 18.2 Å². The Labute approximate surface area is 124 Å². The Morgan fingerprint density at radius 2 is 2.00 bits per heavy atom. The molecule has 0 aliphatic carbocycles. The van der Waals surface area contributed by atoms with E-state index in [1.165, 1.54) is 24.4 Å². The fraction of sp³-hybridized carbons (Fsp3) is 0.200. The summed E-state index contributed by atoms with van der Waals surface area (Å²) in [5.41, 5.74) is -0.298. The van der Waals surface area contributed by atoms with Crippen molar-refractivity contribution in [3.8, 4) is 5.75 Å². The van der Waals surface area contributed by atoms with Crippen molar-refractivity contribution in [1.29, 1.82) is 0 Å². The molecule has 1 aromatic carbocycles. The van der Waals surface area contributed by atoms with Crippen LogP contribution in [-0.2, 0) is 12.6 Å². The molecule has 2 rings (SSSR count). The lowest BCUT2D eigenvalue weighted by atomic mass is 10.1. The lowest BCUT2D eigenvalue weighted by molar-refractivity contribution is -0.137. The quantitative estimate of drug-likeness (QED) is 0.919. The van der Waals surface area contributed by atoms with Crippen LogP contribution in [0.2, 0.25) is 0 Å². The number of aromatic nitrogens is 1. The summed E-state index contributed by atoms with van der Waals surface area (Å²) in [7, 11) is 0. The zero-order valence-electron chi connectivity index (χ0n) is 11.3. The summed E-state index contributed by atoms with van der Waals surface area (Å²) in [5, 5.41) is 8.70. The van der Waals surface area contributed by atoms with Crippen LogP contribution in [0.1, 0.15) is 21.6 Å². The summed E-state index contributed by atoms with van der Waals surface area (Å²) in [5.74, 6) is -0.785. The van der Waals surface area contributed by atoms with Gasteiger partial charge in [-0.25, -0.2) is 9.78 Å². The van der Waals surface area contributed by atoms with E-state index >= 15 is 0 Å². The maximum Gasteiger partial charge on any atom is 0.416 e. The molecule has 1 heterocycles. The predicted octanol–water partition coefficient (Wildman–Crippen LogP) is 3.42. The standard InChI is InChI=1S/C15H12F3NO3/c16-15(17,18)11-3-1-2-10(8-11)6-7-22-12-4-5-13(14(20)21)19-9-12/h1-5,8-9H,6-7H2,(H,20,21). The molecule has 0 fully saturated rings. The molecule has 1 N–H and O–H groups in total. The number of nitrogens with zero attached hydrogens (tertiary/aromatic N) is 1. The molecule has 0 unspecified atom stereocenters. The van der Waals surface area contributed by atoms with Crippen molar-refractivity contribution in [3.63, 3.8) is 0 Å². The van der Waals surface area contributed by atoms with Crippen LogP contribution in [0.5, 0.6) is 5.75 Å². The predicted molar refractivity (Wildman–Crippen MR) is 71.8 cm³/mol. The van der Waals surface area contributed by atoms with Gasteiger partial charge in [0.2, 0.25) is 0 Å². The Morgan fingerprint density at radius 1 is 1.23 bits per heavy atom. The van der Waals surface area contributed by atoms with Gasteiger partial charge >= 0.3 is 12.1 Å². The van der Waals surface area contributed by atoms with Crippen molar-refractivity contribution in [2.24, 2.45) is 0 Å². The molecule has 1 aromatic heterocycles. The largest absolute Gasteiger partial charge is 0.492 e. The molecule has 0 saturated heterocycles. The van der Waals surface area contributed by atoms with E-state index in [4.69, 9.17) is 9.84 Å². The number of carbonyl (C=O) groups is 1. The van der Waals surface area contributed by atoms with E-state index in [1.807, 2.05) is 0 Å². The highest BCUT2D eigenvalue weighted by molar-refractivity contribution is 5.85. The molecule has 116 valence electrons. The molecule has 0 radical (unpaired) electrons. The van der Waals surface area contributed by atoms with Gasteiger partial charge in [-0.2, -0.15) is 13.2 Å². The minimum atomic E-state index is -4.37. The van der Waals surface area contributed by atoms with Crippen LogP contribution in [0.25, 0.3) is 0 Å². The maximum absolute atomic E-state index is 12.6. The van der Waals surface area contributed by atoms with E-state index in [0.717, 1.165) is 12.1 Å². The summed E-state index contributed by atoms with van der Waals surface area (Å²) < 4.78 is 43.0. The van der Waals surface area contributed by atoms with Crippen LogP contribution in [0, 0.1) is 0 Å². The topological polar surface area (TPSA) is 59.4 Å². The van der Waals surface area contributed by atoms with Gasteiger partial charge in [0, 0.05) is 6.42 Å². The van der Waals surface area contributed by atoms with E-state index < -0.39 is 17.7 Å². The molecule has 0 aliphatic rings. The van der Waals surface area contributed by atoms with E-state index in [-0.39, 0.29) is 12.3 Å². The van der Waals surface area contributed by atoms with Crippen molar-refractivity contribution in [1.82, 2.24) is 4.98 Å². The second-order valence-electron chi connectivity index (χ2n) is 4.48. The van der Waals surface area contributed by atoms with Crippen molar-refractivity contribution in [3.05, 3.63) is 59.4 Å². The van der Waals surface area contributed by atoms with Gasteiger partial charge in [0.15, 0.2) is 0 Å². The average molecular weight is 311 g/mol. The van der Waals surface area contributed by atoms with Crippen LogP contribution in [0.15, 0.2) is 42.6 Å². The number of ether oxygens (including phenoxy) is 1. The van der Waals surface area contributed by atoms with Gasteiger partial charge in [-0.05, 0) is 23.8 Å². The van der Waals surface area contributed by atoms with Gasteiger partial charge in [0.25, 0.3) is 0 Å². The smallest absolute Gasteiger partial charge is 0.416 e. The van der Waals surface area contributed by atoms with Gasteiger partial charge in [-0.15, -0.1) is 0 Å². The van der Waals surface area contributed by atoms with E-state index in [9.17, 15) is 18.0 Å². The molecule has 22 heavy (non-hydrogen) atoms. The molecule has 0 amide bonds. The lowest BCUT2D eigenvalue weighted by Crippen LogP contribution is -2.07. The molecular weight excluding hydrogens is 299 g/mol. The molecule has 2 aromatic rings. The van der Waals surface area contributed by atoms with Crippen molar-refractivity contribution in [2.75, 3.05) is 6.61 Å². The van der Waals surface area contributed by atoms with E-state index in [1.54, 1.807) is 6.07 Å². The second-order valence-corrected chi connectivity index (χ2v) is 4.48. The Kier molecular flexibility index (Phi) is 4.65. The van der Waals surface area contributed by atoms with Crippen molar-refractivity contribution >= 4 is 5.97 Å². The number of halogens is 3. The minimum absolute atomic E-state index is 0.106. The van der Waals surface area contributed by atoms with Gasteiger partial charge in [-0.3, -0.25) is 0 Å². The number of hydrogen-bond donors (Lipinski definition) is 1. The molecule has 0 saturated carbocycles. The molecule has 0 atom stereocenters. The fourth-order valence-corrected chi connectivity index (χ4v) is 1.78. The Balaban J connectivity index is 1.92. The normalized spacial score (nSPS) is 11.2. The SMILES string of the molecule is O=C(O)c1ccc(OCCc2cccc(C(F)(F)F)c2)cn1. The highest BCUT2D eigenvalue weighted by atomic mass is 19.4. The summed E-state index contributed by atoms with van der Waals surface area (Å²) in [4.78, 5) is 14.3. The van der Waals surface area contributed by atoms with Crippen LogP contribution < -0.4 is 4.74 Å². The van der Waals surface area contributed by atoms with E-state index in [2.05, 4.69) is 4.98 Å². The second kappa shape index (κ2) is 6.46. The third-order valence-electron chi connectivity index (χ3n) is 2.87. The molecule has 0 aliphatic heterocycles. The summed E-state index contributed by atoms with van der Waals surface area (Å²) in [6, 6.07) is 7.77. The lowest BCUT2D eigenvalue weighted by Gasteiger charge is -2.09. The number of benzene rings is 1. The number of hydrogen-bond acceptors (Lipinski definition) is 3. The van der Waals surface area contributed by atoms with Crippen molar-refractivity contribution in [2.45, 2.75) is 12.6 Å². The number of aromatic carboxylic acids is 1. The van der Waals surface area contributed by atoms with Gasteiger partial charge in [0.05, 0.1) is 18.4 Å². The highest BCUT2D eigenvalue weighted by Gasteiger charge is 2.30. The number of rotatable bonds is 5. The summed E-state index contributed by atoms with van der Waals surface area (Å²) in [6.07, 6.45) is -2.81. The zero-order valence-corrected chi connectivity index (χ0v) is 11.3. The first-order valence-corrected chi connectivity index (χ1v) is 6.34. The maximum atomic E-state index is 12.6.